The SMILES string of the molecule is Cc1nnc(NC(=O)c2cc(N)cnc2C)s1. The van der Waals surface area contributed by atoms with Gasteiger partial charge in [0.05, 0.1) is 23.1 Å². The van der Waals surface area contributed by atoms with E-state index in [4.69, 9.17) is 5.73 Å². The highest BCUT2D eigenvalue weighted by Crippen LogP contribution is 2.16. The van der Waals surface area contributed by atoms with Crippen LogP contribution in [0.2, 0.25) is 0 Å². The van der Waals surface area contributed by atoms with E-state index in [1.807, 2.05) is 6.92 Å². The van der Waals surface area contributed by atoms with Crippen LogP contribution >= 0.6 is 11.3 Å². The molecule has 0 bridgehead atoms. The molecule has 2 aromatic rings. The summed E-state index contributed by atoms with van der Waals surface area (Å²) in [4.78, 5) is 16.0. The Morgan fingerprint density at radius 1 is 1.41 bits per heavy atom. The van der Waals surface area contributed by atoms with Gasteiger partial charge in [-0.05, 0) is 19.9 Å². The van der Waals surface area contributed by atoms with Crippen molar-refractivity contribution >= 4 is 28.1 Å². The van der Waals surface area contributed by atoms with Gasteiger partial charge in [-0.15, -0.1) is 10.2 Å². The fourth-order valence-electron chi connectivity index (χ4n) is 1.29. The summed E-state index contributed by atoms with van der Waals surface area (Å²) < 4.78 is 0. The predicted octanol–water partition coefficient (Wildman–Crippen LogP) is 1.38. The lowest BCUT2D eigenvalue weighted by Crippen LogP contribution is -2.14. The van der Waals surface area contributed by atoms with Gasteiger partial charge in [0, 0.05) is 0 Å². The van der Waals surface area contributed by atoms with Crippen molar-refractivity contribution in [1.29, 1.82) is 0 Å². The summed E-state index contributed by atoms with van der Waals surface area (Å²) in [6.45, 7) is 3.57. The predicted molar refractivity (Wildman–Crippen MR) is 66.0 cm³/mol. The van der Waals surface area contributed by atoms with Crippen molar-refractivity contribution < 1.29 is 4.79 Å². The highest BCUT2D eigenvalue weighted by Gasteiger charge is 2.12. The van der Waals surface area contributed by atoms with Crippen LogP contribution in [0.1, 0.15) is 21.1 Å². The number of nitrogens with one attached hydrogen (secondary N) is 1. The third kappa shape index (κ3) is 2.56. The normalized spacial score (nSPS) is 10.2. The molecule has 0 aliphatic carbocycles. The van der Waals surface area contributed by atoms with Crippen molar-refractivity contribution in [3.8, 4) is 0 Å². The highest BCUT2D eigenvalue weighted by atomic mass is 32.1. The number of amides is 1. The Bertz CT molecular complexity index is 566. The summed E-state index contributed by atoms with van der Waals surface area (Å²) in [5.41, 5.74) is 7.11. The van der Waals surface area contributed by atoms with Crippen LogP contribution in [-0.4, -0.2) is 21.1 Å². The second-order valence-corrected chi connectivity index (χ2v) is 4.66. The lowest BCUT2D eigenvalue weighted by molar-refractivity contribution is 0.102. The highest BCUT2D eigenvalue weighted by molar-refractivity contribution is 7.15. The van der Waals surface area contributed by atoms with Crippen molar-refractivity contribution in [2.75, 3.05) is 11.1 Å². The van der Waals surface area contributed by atoms with E-state index in [2.05, 4.69) is 20.5 Å². The van der Waals surface area contributed by atoms with Crippen molar-refractivity contribution in [2.24, 2.45) is 0 Å². The summed E-state index contributed by atoms with van der Waals surface area (Å²) in [6.07, 6.45) is 1.52. The van der Waals surface area contributed by atoms with Gasteiger partial charge >= 0.3 is 0 Å². The van der Waals surface area contributed by atoms with E-state index in [0.717, 1.165) is 5.01 Å². The Labute approximate surface area is 102 Å². The molecule has 88 valence electrons. The first kappa shape index (κ1) is 11.5. The lowest BCUT2D eigenvalue weighted by atomic mass is 10.2. The van der Waals surface area contributed by atoms with Gasteiger partial charge in [0.15, 0.2) is 0 Å². The van der Waals surface area contributed by atoms with Crippen molar-refractivity contribution in [3.05, 3.63) is 28.5 Å². The third-order valence-corrected chi connectivity index (χ3v) is 2.85. The van der Waals surface area contributed by atoms with Crippen LogP contribution in [0.15, 0.2) is 12.3 Å². The Hall–Kier alpha value is -2.02. The molecular formula is C10H11N5OS. The Balaban J connectivity index is 2.22. The van der Waals surface area contributed by atoms with Gasteiger partial charge in [0.2, 0.25) is 5.13 Å². The van der Waals surface area contributed by atoms with E-state index < -0.39 is 0 Å². The van der Waals surface area contributed by atoms with Gasteiger partial charge in [-0.3, -0.25) is 15.1 Å². The van der Waals surface area contributed by atoms with E-state index in [9.17, 15) is 4.79 Å². The molecule has 0 unspecified atom stereocenters. The number of nitrogen functional groups attached to an aromatic ring is 1. The minimum Gasteiger partial charge on any atom is -0.397 e. The summed E-state index contributed by atoms with van der Waals surface area (Å²) in [7, 11) is 0. The zero-order valence-electron chi connectivity index (χ0n) is 9.39. The number of aromatic nitrogens is 3. The monoisotopic (exact) mass is 249 g/mol. The molecular weight excluding hydrogens is 238 g/mol. The number of carbonyl (C=O) groups excluding carboxylic acids is 1. The van der Waals surface area contributed by atoms with Crippen LogP contribution in [0.3, 0.4) is 0 Å². The molecule has 0 radical (unpaired) electrons. The Morgan fingerprint density at radius 2 is 2.18 bits per heavy atom. The van der Waals surface area contributed by atoms with Crippen LogP contribution in [-0.2, 0) is 0 Å². The Kier molecular flexibility index (Phi) is 3.01. The first-order chi connectivity index (χ1) is 8.06. The Morgan fingerprint density at radius 3 is 2.82 bits per heavy atom. The topological polar surface area (TPSA) is 93.8 Å². The molecule has 0 aromatic carbocycles. The third-order valence-electron chi connectivity index (χ3n) is 2.10. The standard InChI is InChI=1S/C10H11N5OS/c1-5-8(3-7(11)4-12-5)9(16)13-10-15-14-6(2)17-10/h3-4H,11H2,1-2H3,(H,13,15,16). The minimum atomic E-state index is -0.279. The average Bonchev–Trinajstić information content (AvgIpc) is 2.67. The van der Waals surface area contributed by atoms with Crippen LogP contribution < -0.4 is 11.1 Å². The molecule has 0 saturated carbocycles. The number of nitrogens with zero attached hydrogens (tertiary/aromatic N) is 3. The number of anilines is 2. The van der Waals surface area contributed by atoms with Crippen LogP contribution in [0.5, 0.6) is 0 Å². The summed E-state index contributed by atoms with van der Waals surface area (Å²) >= 11 is 1.31. The quantitative estimate of drug-likeness (QED) is 0.838. The number of hydrogen-bond acceptors (Lipinski definition) is 6. The van der Waals surface area contributed by atoms with Crippen molar-refractivity contribution in [3.63, 3.8) is 0 Å². The molecule has 0 saturated heterocycles. The summed E-state index contributed by atoms with van der Waals surface area (Å²) in [6, 6.07) is 1.59. The van der Waals surface area contributed by atoms with Gasteiger partial charge < -0.3 is 5.73 Å². The summed E-state index contributed by atoms with van der Waals surface area (Å²) in [5, 5.41) is 11.6. The number of pyridine rings is 1. The van der Waals surface area contributed by atoms with Crippen molar-refractivity contribution in [1.82, 2.24) is 15.2 Å². The maximum Gasteiger partial charge on any atom is 0.259 e. The minimum absolute atomic E-state index is 0.279. The summed E-state index contributed by atoms with van der Waals surface area (Å²) in [5.74, 6) is -0.279. The van der Waals surface area contributed by atoms with Crippen molar-refractivity contribution in [2.45, 2.75) is 13.8 Å². The molecule has 1 amide bonds. The molecule has 0 spiro atoms. The fraction of sp³-hybridized carbons (Fsp3) is 0.200. The smallest absolute Gasteiger partial charge is 0.259 e. The molecule has 0 atom stereocenters. The average molecular weight is 249 g/mol. The van der Waals surface area contributed by atoms with Crippen LogP contribution in [0.4, 0.5) is 10.8 Å². The number of hydrogen-bond donors (Lipinski definition) is 2. The molecule has 7 heteroatoms. The van der Waals surface area contributed by atoms with Gasteiger partial charge in [-0.2, -0.15) is 0 Å². The maximum atomic E-state index is 11.9. The van der Waals surface area contributed by atoms with Gasteiger partial charge in [-0.1, -0.05) is 11.3 Å². The molecule has 2 rings (SSSR count). The first-order valence-corrected chi connectivity index (χ1v) is 5.71. The molecule has 0 aliphatic rings. The van der Waals surface area contributed by atoms with E-state index in [-0.39, 0.29) is 5.91 Å². The molecule has 2 heterocycles. The lowest BCUT2D eigenvalue weighted by Gasteiger charge is -2.04. The molecule has 3 N–H and O–H groups in total. The number of rotatable bonds is 2. The van der Waals surface area contributed by atoms with Gasteiger partial charge in [0.1, 0.15) is 5.01 Å². The first-order valence-electron chi connectivity index (χ1n) is 4.90. The number of aryl methyl sites for hydroxylation is 2. The zero-order chi connectivity index (χ0) is 12.4. The van der Waals surface area contributed by atoms with Gasteiger partial charge in [-0.25, -0.2) is 0 Å². The van der Waals surface area contributed by atoms with E-state index in [1.54, 1.807) is 13.0 Å². The second-order valence-electron chi connectivity index (χ2n) is 3.48. The zero-order valence-corrected chi connectivity index (χ0v) is 10.2. The number of nitrogens with two attached hydrogens (primary N) is 1. The van der Waals surface area contributed by atoms with E-state index >= 15 is 0 Å². The largest absolute Gasteiger partial charge is 0.397 e. The molecule has 6 nitrogen and oxygen atoms in total. The van der Waals surface area contributed by atoms with Crippen LogP contribution in [0, 0.1) is 13.8 Å². The molecule has 17 heavy (non-hydrogen) atoms. The van der Waals surface area contributed by atoms with E-state index in [0.29, 0.717) is 22.1 Å². The second kappa shape index (κ2) is 4.46. The van der Waals surface area contributed by atoms with Crippen LogP contribution in [0.25, 0.3) is 0 Å². The maximum absolute atomic E-state index is 11.9. The van der Waals surface area contributed by atoms with Gasteiger partial charge in [0.25, 0.3) is 5.91 Å². The molecule has 0 fully saturated rings. The molecule has 2 aromatic heterocycles. The fourth-order valence-corrected chi connectivity index (χ4v) is 1.88. The molecule has 0 aliphatic heterocycles. The van der Waals surface area contributed by atoms with E-state index in [1.165, 1.54) is 17.5 Å². The number of carbonyl (C=O) groups is 1.